The highest BCUT2D eigenvalue weighted by molar-refractivity contribution is 5.72. The molecule has 0 unspecified atom stereocenters. The molecule has 0 amide bonds. The maximum atomic E-state index is 11.1. The highest BCUT2D eigenvalue weighted by atomic mass is 16.6. The van der Waals surface area contributed by atoms with E-state index >= 15 is 0 Å². The summed E-state index contributed by atoms with van der Waals surface area (Å²) in [6.45, 7) is 3.46. The van der Waals surface area contributed by atoms with E-state index < -0.39 is 4.92 Å². The smallest absolute Gasteiger partial charge is 0.316 e. The van der Waals surface area contributed by atoms with Gasteiger partial charge in [-0.05, 0) is 19.9 Å². The Morgan fingerprint density at radius 1 is 1.28 bits per heavy atom. The molecule has 2 aromatic rings. The maximum Gasteiger partial charge on any atom is 0.316 e. The molecule has 92 valence electrons. The second-order valence-corrected chi connectivity index (χ2v) is 3.99. The first-order valence-electron chi connectivity index (χ1n) is 5.34. The van der Waals surface area contributed by atoms with E-state index in [1.165, 1.54) is 0 Å². The van der Waals surface area contributed by atoms with Crippen molar-refractivity contribution in [2.45, 2.75) is 13.8 Å². The first-order chi connectivity index (χ1) is 8.49. The topological polar surface area (TPSA) is 94.9 Å². The number of nitrogens with zero attached hydrogens (tertiary/aromatic N) is 3. The molecule has 0 atom stereocenters. The van der Waals surface area contributed by atoms with Crippen LogP contribution in [0.15, 0.2) is 24.3 Å². The Hall–Kier alpha value is -2.50. The van der Waals surface area contributed by atoms with Gasteiger partial charge in [-0.15, -0.1) is 0 Å². The van der Waals surface area contributed by atoms with Crippen molar-refractivity contribution < 1.29 is 4.92 Å². The molecule has 6 heteroatoms. The number of nitro groups is 1. The number of nitrogen functional groups attached to an aromatic ring is 1. The van der Waals surface area contributed by atoms with Crippen molar-refractivity contribution in [3.05, 3.63) is 45.6 Å². The summed E-state index contributed by atoms with van der Waals surface area (Å²) in [6.07, 6.45) is 0. The third kappa shape index (κ3) is 2.13. The van der Waals surface area contributed by atoms with E-state index in [0.29, 0.717) is 5.56 Å². The highest BCUT2D eigenvalue weighted by Gasteiger charge is 2.22. The minimum atomic E-state index is -0.480. The van der Waals surface area contributed by atoms with E-state index in [1.807, 2.05) is 25.1 Å². The van der Waals surface area contributed by atoms with E-state index in [-0.39, 0.29) is 23.0 Å². The van der Waals surface area contributed by atoms with E-state index in [2.05, 4.69) is 9.97 Å². The van der Waals surface area contributed by atoms with Crippen LogP contribution in [0.5, 0.6) is 0 Å². The summed E-state index contributed by atoms with van der Waals surface area (Å²) in [7, 11) is 0. The van der Waals surface area contributed by atoms with Crippen LogP contribution >= 0.6 is 0 Å². The molecular weight excluding hydrogens is 232 g/mol. The number of hydrogen-bond acceptors (Lipinski definition) is 5. The van der Waals surface area contributed by atoms with Gasteiger partial charge in [0.05, 0.1) is 4.92 Å². The van der Waals surface area contributed by atoms with Crippen LogP contribution in [0.1, 0.15) is 11.3 Å². The normalized spacial score (nSPS) is 10.3. The van der Waals surface area contributed by atoms with Gasteiger partial charge >= 0.3 is 5.69 Å². The molecule has 2 N–H and O–H groups in total. The number of hydrogen-bond donors (Lipinski definition) is 1. The van der Waals surface area contributed by atoms with Crippen molar-refractivity contribution in [3.8, 4) is 11.3 Å². The Kier molecular flexibility index (Phi) is 2.93. The Morgan fingerprint density at radius 2 is 2.00 bits per heavy atom. The zero-order valence-corrected chi connectivity index (χ0v) is 10.0. The average Bonchev–Trinajstić information content (AvgIpc) is 2.27. The minimum absolute atomic E-state index is 0.0367. The molecule has 6 nitrogen and oxygen atoms in total. The fourth-order valence-electron chi connectivity index (χ4n) is 1.80. The van der Waals surface area contributed by atoms with Crippen LogP contribution in [0.4, 0.5) is 11.6 Å². The molecule has 0 fully saturated rings. The first kappa shape index (κ1) is 12.0. The van der Waals surface area contributed by atoms with Gasteiger partial charge in [-0.25, -0.2) is 9.97 Å². The molecule has 1 aromatic heterocycles. The van der Waals surface area contributed by atoms with Crippen LogP contribution in [0.2, 0.25) is 0 Å². The number of benzene rings is 1. The second kappa shape index (κ2) is 4.40. The lowest BCUT2D eigenvalue weighted by Crippen LogP contribution is -2.04. The van der Waals surface area contributed by atoms with Gasteiger partial charge in [-0.3, -0.25) is 10.1 Å². The number of aryl methyl sites for hydroxylation is 2. The minimum Gasteiger partial charge on any atom is -0.368 e. The van der Waals surface area contributed by atoms with Crippen LogP contribution in [-0.4, -0.2) is 14.9 Å². The zero-order chi connectivity index (χ0) is 13.3. The average molecular weight is 244 g/mol. The van der Waals surface area contributed by atoms with Crippen molar-refractivity contribution in [2.24, 2.45) is 0 Å². The molecule has 18 heavy (non-hydrogen) atoms. The lowest BCUT2D eigenvalue weighted by atomic mass is 10.1. The molecule has 0 saturated carbocycles. The summed E-state index contributed by atoms with van der Waals surface area (Å²) in [5.74, 6) is 0.0367. The SMILES string of the molecule is Cc1cccc(-c2nc(N)nc(C)c2[N+](=O)[O-])c1. The van der Waals surface area contributed by atoms with Crippen molar-refractivity contribution in [1.29, 1.82) is 0 Å². The van der Waals surface area contributed by atoms with Gasteiger partial charge in [0.2, 0.25) is 5.95 Å². The Morgan fingerprint density at radius 3 is 2.61 bits per heavy atom. The predicted octanol–water partition coefficient (Wildman–Crippen LogP) is 2.25. The van der Waals surface area contributed by atoms with Crippen LogP contribution in [-0.2, 0) is 0 Å². The molecule has 0 bridgehead atoms. The first-order valence-corrected chi connectivity index (χ1v) is 5.34. The second-order valence-electron chi connectivity index (χ2n) is 3.99. The van der Waals surface area contributed by atoms with Crippen molar-refractivity contribution in [3.63, 3.8) is 0 Å². The van der Waals surface area contributed by atoms with Crippen molar-refractivity contribution >= 4 is 11.6 Å². The van der Waals surface area contributed by atoms with E-state index in [4.69, 9.17) is 5.73 Å². The lowest BCUT2D eigenvalue weighted by molar-refractivity contribution is -0.385. The van der Waals surface area contributed by atoms with Crippen LogP contribution < -0.4 is 5.73 Å². The fourth-order valence-corrected chi connectivity index (χ4v) is 1.80. The van der Waals surface area contributed by atoms with E-state index in [9.17, 15) is 10.1 Å². The number of anilines is 1. The van der Waals surface area contributed by atoms with Gasteiger partial charge in [-0.2, -0.15) is 0 Å². The fraction of sp³-hybridized carbons (Fsp3) is 0.167. The molecular formula is C12H12N4O2. The molecule has 2 rings (SSSR count). The monoisotopic (exact) mass is 244 g/mol. The molecule has 0 aliphatic heterocycles. The zero-order valence-electron chi connectivity index (χ0n) is 10.0. The van der Waals surface area contributed by atoms with Gasteiger partial charge in [0, 0.05) is 5.56 Å². The lowest BCUT2D eigenvalue weighted by Gasteiger charge is -2.06. The number of aromatic nitrogens is 2. The van der Waals surface area contributed by atoms with Gasteiger partial charge in [0.15, 0.2) is 5.69 Å². The predicted molar refractivity (Wildman–Crippen MR) is 68.0 cm³/mol. The van der Waals surface area contributed by atoms with Gasteiger partial charge in [0.1, 0.15) is 5.69 Å². The van der Waals surface area contributed by atoms with Crippen LogP contribution in [0.3, 0.4) is 0 Å². The van der Waals surface area contributed by atoms with E-state index in [1.54, 1.807) is 13.0 Å². The van der Waals surface area contributed by atoms with Crippen molar-refractivity contribution in [1.82, 2.24) is 9.97 Å². The maximum absolute atomic E-state index is 11.1. The summed E-state index contributed by atoms with van der Waals surface area (Å²) in [4.78, 5) is 18.4. The van der Waals surface area contributed by atoms with Gasteiger partial charge in [0.25, 0.3) is 0 Å². The molecule has 0 spiro atoms. The van der Waals surface area contributed by atoms with Crippen LogP contribution in [0.25, 0.3) is 11.3 Å². The van der Waals surface area contributed by atoms with Gasteiger partial charge in [-0.1, -0.05) is 23.8 Å². The number of rotatable bonds is 2. The summed E-state index contributed by atoms with van der Waals surface area (Å²) in [6, 6.07) is 7.32. The molecule has 0 saturated heterocycles. The Bertz CT molecular complexity index is 625. The van der Waals surface area contributed by atoms with Crippen LogP contribution in [0, 0.1) is 24.0 Å². The summed E-state index contributed by atoms with van der Waals surface area (Å²) in [5.41, 5.74) is 7.65. The Labute approximate surface area is 104 Å². The molecule has 0 aliphatic rings. The number of nitrogens with two attached hydrogens (primary N) is 1. The molecule has 0 radical (unpaired) electrons. The molecule has 1 aromatic carbocycles. The van der Waals surface area contributed by atoms with Crippen molar-refractivity contribution in [2.75, 3.05) is 5.73 Å². The molecule has 0 aliphatic carbocycles. The highest BCUT2D eigenvalue weighted by Crippen LogP contribution is 2.30. The summed E-state index contributed by atoms with van der Waals surface area (Å²) >= 11 is 0. The third-order valence-electron chi connectivity index (χ3n) is 2.55. The Balaban J connectivity index is 2.73. The largest absolute Gasteiger partial charge is 0.368 e. The standard InChI is InChI=1S/C12H12N4O2/c1-7-4-3-5-9(6-7)10-11(16(17)18)8(2)14-12(13)15-10/h3-6H,1-2H3,(H2,13,14,15). The molecule has 1 heterocycles. The van der Waals surface area contributed by atoms with E-state index in [0.717, 1.165) is 5.56 Å². The summed E-state index contributed by atoms with van der Waals surface area (Å²) in [5, 5.41) is 11.1. The third-order valence-corrected chi connectivity index (χ3v) is 2.55. The van der Waals surface area contributed by atoms with Gasteiger partial charge < -0.3 is 5.73 Å². The summed E-state index contributed by atoms with van der Waals surface area (Å²) < 4.78 is 0. The quantitative estimate of drug-likeness (QED) is 0.645.